The van der Waals surface area contributed by atoms with Crippen molar-refractivity contribution in [1.82, 2.24) is 9.78 Å². The maximum Gasteiger partial charge on any atom is 0.339 e. The molecule has 1 aromatic carbocycles. The molecule has 2 rings (SSSR count). The molecule has 1 aromatic heterocycles. The van der Waals surface area contributed by atoms with Crippen LogP contribution in [0, 0.1) is 0 Å². The molecule has 0 amide bonds. The molecule has 0 bridgehead atoms. The van der Waals surface area contributed by atoms with Gasteiger partial charge in [-0.1, -0.05) is 6.07 Å². The van der Waals surface area contributed by atoms with Crippen molar-refractivity contribution in [3.05, 3.63) is 36.0 Å². The van der Waals surface area contributed by atoms with Gasteiger partial charge in [-0.25, -0.2) is 4.79 Å². The van der Waals surface area contributed by atoms with Gasteiger partial charge in [-0.3, -0.25) is 4.68 Å². The molecule has 1 heterocycles. The van der Waals surface area contributed by atoms with Crippen LogP contribution >= 0.6 is 0 Å². The van der Waals surface area contributed by atoms with Gasteiger partial charge in [-0.05, 0) is 32.0 Å². The molecule has 0 radical (unpaired) electrons. The van der Waals surface area contributed by atoms with Crippen LogP contribution in [0.5, 0.6) is 5.75 Å². The normalized spacial score (nSPS) is 10.7. The average Bonchev–Trinajstić information content (AvgIpc) is 2.87. The topological polar surface area (TPSA) is 64.4 Å². The summed E-state index contributed by atoms with van der Waals surface area (Å²) in [6.07, 6.45) is 1.73. The van der Waals surface area contributed by atoms with E-state index in [1.165, 1.54) is 7.11 Å². The maximum absolute atomic E-state index is 11.1. The molecule has 100 valence electrons. The van der Waals surface area contributed by atoms with E-state index in [4.69, 9.17) is 9.84 Å². The number of hydrogen-bond donors (Lipinski definition) is 1. The van der Waals surface area contributed by atoms with Gasteiger partial charge in [0.15, 0.2) is 0 Å². The number of rotatable bonds is 4. The number of carboxylic acids is 1. The quantitative estimate of drug-likeness (QED) is 0.918. The molecule has 0 saturated carbocycles. The number of carboxylic acid groups (broad SMARTS) is 1. The van der Waals surface area contributed by atoms with Gasteiger partial charge in [0, 0.05) is 17.8 Å². The smallest absolute Gasteiger partial charge is 0.339 e. The Labute approximate surface area is 111 Å². The van der Waals surface area contributed by atoms with E-state index in [2.05, 4.69) is 5.10 Å². The van der Waals surface area contributed by atoms with Gasteiger partial charge in [0.25, 0.3) is 0 Å². The number of aromatic carboxylic acids is 1. The summed E-state index contributed by atoms with van der Waals surface area (Å²) < 4.78 is 7.02. The Bertz CT molecular complexity index is 602. The van der Waals surface area contributed by atoms with Crippen molar-refractivity contribution in [2.24, 2.45) is 0 Å². The second-order valence-electron chi connectivity index (χ2n) is 4.47. The lowest BCUT2D eigenvalue weighted by Gasteiger charge is -2.12. The zero-order valence-electron chi connectivity index (χ0n) is 11.1. The molecular weight excluding hydrogens is 244 g/mol. The van der Waals surface area contributed by atoms with Gasteiger partial charge >= 0.3 is 5.97 Å². The van der Waals surface area contributed by atoms with Gasteiger partial charge in [-0.2, -0.15) is 5.10 Å². The summed E-state index contributed by atoms with van der Waals surface area (Å²) >= 11 is 0. The standard InChI is InChI=1S/C14H16N2O3/c1-9(2)16-12(6-7-15-16)10-4-5-11(14(17)18)13(8-10)19-3/h4-9H,1-3H3,(H,17,18). The van der Waals surface area contributed by atoms with Crippen LogP contribution in [-0.4, -0.2) is 28.0 Å². The predicted molar refractivity (Wildman–Crippen MR) is 71.6 cm³/mol. The van der Waals surface area contributed by atoms with Gasteiger partial charge < -0.3 is 9.84 Å². The van der Waals surface area contributed by atoms with Crippen LogP contribution in [0.4, 0.5) is 0 Å². The fourth-order valence-electron chi connectivity index (χ4n) is 1.98. The lowest BCUT2D eigenvalue weighted by Crippen LogP contribution is -2.05. The van der Waals surface area contributed by atoms with E-state index in [9.17, 15) is 4.79 Å². The van der Waals surface area contributed by atoms with Crippen molar-refractivity contribution in [2.75, 3.05) is 7.11 Å². The van der Waals surface area contributed by atoms with Crippen molar-refractivity contribution in [3.63, 3.8) is 0 Å². The highest BCUT2D eigenvalue weighted by atomic mass is 16.5. The van der Waals surface area contributed by atoms with Crippen LogP contribution in [0.3, 0.4) is 0 Å². The van der Waals surface area contributed by atoms with Gasteiger partial charge in [-0.15, -0.1) is 0 Å². The highest BCUT2D eigenvalue weighted by Crippen LogP contribution is 2.28. The zero-order chi connectivity index (χ0) is 14.0. The molecule has 0 aliphatic rings. The van der Waals surface area contributed by atoms with E-state index in [1.54, 1.807) is 24.4 Å². The Kier molecular flexibility index (Phi) is 3.55. The molecule has 5 nitrogen and oxygen atoms in total. The summed E-state index contributed by atoms with van der Waals surface area (Å²) in [5.74, 6) is -0.651. The highest BCUT2D eigenvalue weighted by Gasteiger charge is 2.14. The van der Waals surface area contributed by atoms with E-state index in [1.807, 2.05) is 24.6 Å². The predicted octanol–water partition coefficient (Wildman–Crippen LogP) is 2.84. The maximum atomic E-state index is 11.1. The van der Waals surface area contributed by atoms with E-state index in [0.717, 1.165) is 11.3 Å². The molecule has 0 spiro atoms. The van der Waals surface area contributed by atoms with Crippen LogP contribution in [0.2, 0.25) is 0 Å². The molecule has 5 heteroatoms. The molecule has 0 aliphatic carbocycles. The summed E-state index contributed by atoms with van der Waals surface area (Å²) in [6.45, 7) is 4.08. The molecule has 0 aliphatic heterocycles. The lowest BCUT2D eigenvalue weighted by molar-refractivity contribution is 0.0693. The van der Waals surface area contributed by atoms with E-state index < -0.39 is 5.97 Å². The number of aromatic nitrogens is 2. The first-order valence-electron chi connectivity index (χ1n) is 5.99. The summed E-state index contributed by atoms with van der Waals surface area (Å²) in [7, 11) is 1.46. The SMILES string of the molecule is COc1cc(-c2ccnn2C(C)C)ccc1C(=O)O. The number of nitrogens with zero attached hydrogens (tertiary/aromatic N) is 2. The minimum absolute atomic E-state index is 0.155. The van der Waals surface area contributed by atoms with Crippen molar-refractivity contribution in [3.8, 4) is 17.0 Å². The molecule has 0 saturated heterocycles. The highest BCUT2D eigenvalue weighted by molar-refractivity contribution is 5.91. The molecule has 0 fully saturated rings. The summed E-state index contributed by atoms with van der Waals surface area (Å²) in [4.78, 5) is 11.1. The van der Waals surface area contributed by atoms with E-state index >= 15 is 0 Å². The fourth-order valence-corrected chi connectivity index (χ4v) is 1.98. The van der Waals surface area contributed by atoms with Crippen molar-refractivity contribution in [2.45, 2.75) is 19.9 Å². The first-order valence-corrected chi connectivity index (χ1v) is 5.99. The molecule has 19 heavy (non-hydrogen) atoms. The van der Waals surface area contributed by atoms with Crippen LogP contribution in [-0.2, 0) is 0 Å². The molecule has 2 aromatic rings. The zero-order valence-corrected chi connectivity index (χ0v) is 11.1. The largest absolute Gasteiger partial charge is 0.496 e. The number of ether oxygens (including phenoxy) is 1. The van der Waals surface area contributed by atoms with Crippen LogP contribution < -0.4 is 4.74 Å². The van der Waals surface area contributed by atoms with Crippen LogP contribution in [0.15, 0.2) is 30.5 Å². The minimum Gasteiger partial charge on any atom is -0.496 e. The molecule has 0 atom stereocenters. The summed E-state index contributed by atoms with van der Waals surface area (Å²) in [5, 5.41) is 13.3. The Balaban J connectivity index is 2.52. The number of carbonyl (C=O) groups is 1. The molecular formula is C14H16N2O3. The third-order valence-corrected chi connectivity index (χ3v) is 2.89. The van der Waals surface area contributed by atoms with Crippen molar-refractivity contribution in [1.29, 1.82) is 0 Å². The number of benzene rings is 1. The fraction of sp³-hybridized carbons (Fsp3) is 0.286. The monoisotopic (exact) mass is 260 g/mol. The van der Waals surface area contributed by atoms with Gasteiger partial charge in [0.05, 0.1) is 12.8 Å². The summed E-state index contributed by atoms with van der Waals surface area (Å²) in [5.41, 5.74) is 1.97. The van der Waals surface area contributed by atoms with E-state index in [-0.39, 0.29) is 11.6 Å². The van der Waals surface area contributed by atoms with Crippen molar-refractivity contribution < 1.29 is 14.6 Å². The first kappa shape index (κ1) is 13.1. The second kappa shape index (κ2) is 5.14. The average molecular weight is 260 g/mol. The van der Waals surface area contributed by atoms with Crippen molar-refractivity contribution >= 4 is 5.97 Å². The molecule has 0 unspecified atom stereocenters. The van der Waals surface area contributed by atoms with E-state index in [0.29, 0.717) is 5.75 Å². The van der Waals surface area contributed by atoms with Gasteiger partial charge in [0.1, 0.15) is 11.3 Å². The lowest BCUT2D eigenvalue weighted by atomic mass is 10.1. The first-order chi connectivity index (χ1) is 9.04. The number of methoxy groups -OCH3 is 1. The Morgan fingerprint density at radius 2 is 2.11 bits per heavy atom. The minimum atomic E-state index is -0.999. The Hall–Kier alpha value is -2.30. The van der Waals surface area contributed by atoms with Gasteiger partial charge in [0.2, 0.25) is 0 Å². The number of hydrogen-bond acceptors (Lipinski definition) is 3. The van der Waals surface area contributed by atoms with Crippen LogP contribution in [0.1, 0.15) is 30.2 Å². The van der Waals surface area contributed by atoms with Crippen LogP contribution in [0.25, 0.3) is 11.3 Å². The molecule has 1 N–H and O–H groups in total. The Morgan fingerprint density at radius 1 is 1.37 bits per heavy atom. The Morgan fingerprint density at radius 3 is 2.68 bits per heavy atom. The third kappa shape index (κ3) is 2.45. The second-order valence-corrected chi connectivity index (χ2v) is 4.47. The third-order valence-electron chi connectivity index (χ3n) is 2.89. The summed E-state index contributed by atoms with van der Waals surface area (Å²) in [6, 6.07) is 7.17.